The van der Waals surface area contributed by atoms with Crippen LogP contribution in [0.3, 0.4) is 0 Å². The van der Waals surface area contributed by atoms with Gasteiger partial charge in [0.05, 0.1) is 14.8 Å². The molecule has 0 aliphatic heterocycles. The summed E-state index contributed by atoms with van der Waals surface area (Å²) in [6.45, 7) is 3.40. The van der Waals surface area contributed by atoms with E-state index >= 15 is 0 Å². The number of nitrogen functional groups attached to an aromatic ring is 1. The summed E-state index contributed by atoms with van der Waals surface area (Å²) in [6, 6.07) is 7.99. The zero-order chi connectivity index (χ0) is 18.9. The van der Waals surface area contributed by atoms with Crippen molar-refractivity contribution in [2.24, 2.45) is 0 Å². The van der Waals surface area contributed by atoms with Gasteiger partial charge in [-0.3, -0.25) is 30.3 Å². The minimum absolute atomic E-state index is 0.103. The molecule has 0 aliphatic carbocycles. The summed E-state index contributed by atoms with van der Waals surface area (Å²) in [4.78, 5) is 31.0. The molecule has 2 aromatic carbocycles. The molecule has 0 aliphatic rings. The van der Waals surface area contributed by atoms with Gasteiger partial charge in [0.25, 0.3) is 17.1 Å². The van der Waals surface area contributed by atoms with Crippen LogP contribution in [0.15, 0.2) is 36.4 Å². The molecule has 2 rings (SSSR count). The lowest BCUT2D eigenvalue weighted by molar-refractivity contribution is -0.392. The minimum Gasteiger partial charge on any atom is -0.388 e. The van der Waals surface area contributed by atoms with Gasteiger partial charge >= 0.3 is 0 Å². The van der Waals surface area contributed by atoms with E-state index in [4.69, 9.17) is 5.73 Å². The molecule has 10 nitrogen and oxygen atoms in total. The van der Waals surface area contributed by atoms with Gasteiger partial charge in [0.15, 0.2) is 5.69 Å². The standard InChI is InChI=1S/C15H14N4O6/c1-15(2,9-3-5-11(6-4-9)17(20)21)10-7-12(18(22)23)14(16)13(8-10)19(24)25/h3-8H,16H2,1-2H3. The van der Waals surface area contributed by atoms with Gasteiger partial charge in [-0.05, 0) is 11.1 Å². The summed E-state index contributed by atoms with van der Waals surface area (Å²) in [7, 11) is 0. The quantitative estimate of drug-likeness (QED) is 0.494. The van der Waals surface area contributed by atoms with Crippen LogP contribution < -0.4 is 5.73 Å². The zero-order valence-corrected chi connectivity index (χ0v) is 13.3. The molecule has 0 fully saturated rings. The third kappa shape index (κ3) is 3.22. The third-order valence-corrected chi connectivity index (χ3v) is 4.05. The van der Waals surface area contributed by atoms with E-state index in [0.717, 1.165) is 0 Å². The predicted molar refractivity (Wildman–Crippen MR) is 89.4 cm³/mol. The molecule has 0 unspecified atom stereocenters. The maximum atomic E-state index is 11.2. The Bertz CT molecular complexity index is 841. The van der Waals surface area contributed by atoms with Crippen molar-refractivity contribution in [3.8, 4) is 0 Å². The Morgan fingerprint density at radius 3 is 1.60 bits per heavy atom. The van der Waals surface area contributed by atoms with Crippen LogP contribution in [0.1, 0.15) is 25.0 Å². The SMILES string of the molecule is CC(C)(c1ccc([N+](=O)[O-])cc1)c1cc([N+](=O)[O-])c(N)c([N+](=O)[O-])c1. The number of hydrogen-bond donors (Lipinski definition) is 1. The highest BCUT2D eigenvalue weighted by Crippen LogP contribution is 2.40. The third-order valence-electron chi connectivity index (χ3n) is 4.05. The molecule has 0 amide bonds. The van der Waals surface area contributed by atoms with Crippen LogP contribution in [0.4, 0.5) is 22.7 Å². The highest BCUT2D eigenvalue weighted by molar-refractivity contribution is 5.73. The molecule has 0 spiro atoms. The van der Waals surface area contributed by atoms with Crippen molar-refractivity contribution in [2.75, 3.05) is 5.73 Å². The second-order valence-electron chi connectivity index (χ2n) is 5.87. The Balaban J connectivity index is 2.63. The molecular formula is C15H14N4O6. The number of nitrogens with zero attached hydrogens (tertiary/aromatic N) is 3. The van der Waals surface area contributed by atoms with Crippen LogP contribution in [-0.4, -0.2) is 14.8 Å². The van der Waals surface area contributed by atoms with Crippen LogP contribution in [0, 0.1) is 30.3 Å². The van der Waals surface area contributed by atoms with Gasteiger partial charge in [-0.2, -0.15) is 0 Å². The molecule has 10 heteroatoms. The van der Waals surface area contributed by atoms with Crippen molar-refractivity contribution in [1.29, 1.82) is 0 Å². The Labute approximate surface area is 141 Å². The first-order valence-corrected chi connectivity index (χ1v) is 7.03. The van der Waals surface area contributed by atoms with Gasteiger partial charge in [0.1, 0.15) is 0 Å². The average Bonchev–Trinajstić information content (AvgIpc) is 2.54. The molecule has 0 bridgehead atoms. The van der Waals surface area contributed by atoms with Crippen molar-refractivity contribution >= 4 is 22.7 Å². The lowest BCUT2D eigenvalue weighted by atomic mass is 9.77. The molecule has 0 saturated carbocycles. The first kappa shape index (κ1) is 17.8. The summed E-state index contributed by atoms with van der Waals surface area (Å²) in [6.07, 6.45) is 0. The highest BCUT2D eigenvalue weighted by atomic mass is 16.6. The van der Waals surface area contributed by atoms with E-state index in [1.807, 2.05) is 0 Å². The normalized spacial score (nSPS) is 11.1. The van der Waals surface area contributed by atoms with Gasteiger partial charge < -0.3 is 5.73 Å². The zero-order valence-electron chi connectivity index (χ0n) is 13.3. The summed E-state index contributed by atoms with van der Waals surface area (Å²) in [5, 5.41) is 33.1. The minimum atomic E-state index is -0.877. The number of nitro benzene ring substituents is 3. The number of non-ortho nitro benzene ring substituents is 1. The monoisotopic (exact) mass is 346 g/mol. The topological polar surface area (TPSA) is 155 Å². The highest BCUT2D eigenvalue weighted by Gasteiger charge is 2.31. The molecule has 0 heterocycles. The van der Waals surface area contributed by atoms with Crippen LogP contribution in [-0.2, 0) is 5.41 Å². The predicted octanol–water partition coefficient (Wildman–Crippen LogP) is 3.32. The molecule has 25 heavy (non-hydrogen) atoms. The van der Waals surface area contributed by atoms with Crippen LogP contribution in [0.25, 0.3) is 0 Å². The lowest BCUT2D eigenvalue weighted by Crippen LogP contribution is -2.20. The molecule has 0 aromatic heterocycles. The average molecular weight is 346 g/mol. The van der Waals surface area contributed by atoms with Crippen LogP contribution >= 0.6 is 0 Å². The fourth-order valence-electron chi connectivity index (χ4n) is 2.45. The Morgan fingerprint density at radius 1 is 0.800 bits per heavy atom. The molecule has 0 saturated heterocycles. The Morgan fingerprint density at radius 2 is 1.24 bits per heavy atom. The van der Waals surface area contributed by atoms with E-state index < -0.39 is 37.2 Å². The van der Waals surface area contributed by atoms with Crippen molar-refractivity contribution in [3.63, 3.8) is 0 Å². The Kier molecular flexibility index (Phi) is 4.38. The molecule has 0 atom stereocenters. The van der Waals surface area contributed by atoms with Gasteiger partial charge in [-0.25, -0.2) is 0 Å². The number of nitrogens with two attached hydrogens (primary N) is 1. The number of hydrogen-bond acceptors (Lipinski definition) is 7. The smallest absolute Gasteiger partial charge is 0.299 e. The van der Waals surface area contributed by atoms with E-state index in [2.05, 4.69) is 0 Å². The number of rotatable bonds is 5. The maximum absolute atomic E-state index is 11.2. The number of nitro groups is 3. The second kappa shape index (κ2) is 6.15. The first-order valence-electron chi connectivity index (χ1n) is 7.03. The van der Waals surface area contributed by atoms with Gasteiger partial charge in [0, 0.05) is 29.7 Å². The molecule has 2 aromatic rings. The van der Waals surface area contributed by atoms with Crippen molar-refractivity contribution < 1.29 is 14.8 Å². The van der Waals surface area contributed by atoms with E-state index in [-0.39, 0.29) is 5.69 Å². The van der Waals surface area contributed by atoms with Gasteiger partial charge in [-0.15, -0.1) is 0 Å². The summed E-state index contributed by atoms with van der Waals surface area (Å²) >= 11 is 0. The van der Waals surface area contributed by atoms with Crippen molar-refractivity contribution in [1.82, 2.24) is 0 Å². The van der Waals surface area contributed by atoms with Crippen LogP contribution in [0.5, 0.6) is 0 Å². The maximum Gasteiger partial charge on any atom is 0.299 e. The number of anilines is 1. The summed E-state index contributed by atoms with van der Waals surface area (Å²) in [5.41, 5.74) is 3.83. The summed E-state index contributed by atoms with van der Waals surface area (Å²) in [5.74, 6) is 0. The van der Waals surface area contributed by atoms with Crippen molar-refractivity contribution in [3.05, 3.63) is 77.9 Å². The lowest BCUT2D eigenvalue weighted by Gasteiger charge is -2.25. The van der Waals surface area contributed by atoms with Gasteiger partial charge in [0.2, 0.25) is 0 Å². The van der Waals surface area contributed by atoms with E-state index in [9.17, 15) is 30.3 Å². The van der Waals surface area contributed by atoms with E-state index in [0.29, 0.717) is 11.1 Å². The largest absolute Gasteiger partial charge is 0.388 e. The first-order chi connectivity index (χ1) is 11.6. The fourth-order valence-corrected chi connectivity index (χ4v) is 2.45. The van der Waals surface area contributed by atoms with Crippen LogP contribution in [0.2, 0.25) is 0 Å². The molecular weight excluding hydrogens is 332 g/mol. The molecule has 0 radical (unpaired) electrons. The number of benzene rings is 2. The Hall–Kier alpha value is -3.56. The summed E-state index contributed by atoms with van der Waals surface area (Å²) < 4.78 is 0. The fraction of sp³-hybridized carbons (Fsp3) is 0.200. The van der Waals surface area contributed by atoms with Crippen molar-refractivity contribution in [2.45, 2.75) is 19.3 Å². The van der Waals surface area contributed by atoms with Gasteiger partial charge in [-0.1, -0.05) is 26.0 Å². The molecule has 130 valence electrons. The van der Waals surface area contributed by atoms with E-state index in [1.165, 1.54) is 36.4 Å². The van der Waals surface area contributed by atoms with E-state index in [1.54, 1.807) is 13.8 Å². The molecule has 2 N–H and O–H groups in total. The second-order valence-corrected chi connectivity index (χ2v) is 5.87.